The molecule has 0 aliphatic carbocycles. The van der Waals surface area contributed by atoms with E-state index in [1.807, 2.05) is 0 Å². The molecule has 12 heteroatoms. The van der Waals surface area contributed by atoms with Gasteiger partial charge in [0.15, 0.2) is 0 Å². The van der Waals surface area contributed by atoms with Gasteiger partial charge in [0, 0.05) is 0 Å². The maximum absolute atomic E-state index is 12.2. The molecule has 0 saturated carbocycles. The van der Waals surface area contributed by atoms with Gasteiger partial charge in [-0.05, 0) is 30.1 Å². The quantitative estimate of drug-likeness (QED) is 0.186. The molecule has 0 saturated heterocycles. The molecule has 0 aliphatic rings. The van der Waals surface area contributed by atoms with E-state index in [9.17, 15) is 26.4 Å². The van der Waals surface area contributed by atoms with Crippen molar-refractivity contribution < 1.29 is 44.3 Å². The van der Waals surface area contributed by atoms with Crippen LogP contribution in [0.1, 0.15) is 74.7 Å². The second-order valence-electron chi connectivity index (χ2n) is 10.9. The molecule has 0 aromatic rings. The first-order valence-corrected chi connectivity index (χ1v) is 15.0. The van der Waals surface area contributed by atoms with Crippen LogP contribution >= 0.6 is 0 Å². The lowest BCUT2D eigenvalue weighted by Crippen LogP contribution is -2.27. The van der Waals surface area contributed by atoms with Crippen molar-refractivity contribution in [3.05, 3.63) is 0 Å². The summed E-state index contributed by atoms with van der Waals surface area (Å²) in [5, 5.41) is 0. The highest BCUT2D eigenvalue weighted by Crippen LogP contribution is 2.23. The number of ether oxygens (including phenoxy) is 2. The molecule has 0 atom stereocenters. The third-order valence-electron chi connectivity index (χ3n) is 5.04. The maximum atomic E-state index is 12.2. The average molecular weight is 545 g/mol. The lowest BCUT2D eigenvalue weighted by molar-refractivity contribution is -0.149. The van der Waals surface area contributed by atoms with Crippen LogP contribution < -0.4 is 0 Å². The van der Waals surface area contributed by atoms with Gasteiger partial charge in [-0.1, -0.05) is 55.4 Å². The molecule has 0 bridgehead atoms. The first-order valence-electron chi connectivity index (χ1n) is 11.8. The highest BCUT2D eigenvalue weighted by Gasteiger charge is 2.26. The van der Waals surface area contributed by atoms with Crippen LogP contribution in [0.2, 0.25) is 0 Å². The van der Waals surface area contributed by atoms with Crippen LogP contribution in [0.25, 0.3) is 0 Å². The number of hydrogen-bond donors (Lipinski definition) is 0. The number of carbonyl (C=O) groups excluding carboxylic acids is 2. The van der Waals surface area contributed by atoms with Crippen LogP contribution in [0.15, 0.2) is 0 Å². The van der Waals surface area contributed by atoms with Crippen molar-refractivity contribution in [1.82, 2.24) is 0 Å². The fourth-order valence-electron chi connectivity index (χ4n) is 2.36. The maximum Gasteiger partial charge on any atom is 0.308 e. The van der Waals surface area contributed by atoms with Crippen molar-refractivity contribution in [2.45, 2.75) is 74.7 Å². The fourth-order valence-corrected chi connectivity index (χ4v) is 4.77. The summed E-state index contributed by atoms with van der Waals surface area (Å²) in [7, 11) is -7.88. The number of hydrogen-bond acceptors (Lipinski definition) is 10. The molecule has 0 radical (unpaired) electrons. The van der Waals surface area contributed by atoms with E-state index in [0.717, 1.165) is 0 Å². The summed E-state index contributed by atoms with van der Waals surface area (Å²) in [4.78, 5) is 23.0. The Hall–Kier alpha value is -1.24. The fraction of sp³-hybridized carbons (Fsp3) is 0.913. The van der Waals surface area contributed by atoms with E-state index in [1.54, 1.807) is 55.4 Å². The Kier molecular flexibility index (Phi) is 14.0. The first-order chi connectivity index (χ1) is 15.8. The van der Waals surface area contributed by atoms with Crippen LogP contribution in [-0.2, 0) is 47.7 Å². The van der Waals surface area contributed by atoms with E-state index in [2.05, 4.69) is 0 Å². The highest BCUT2D eigenvalue weighted by molar-refractivity contribution is 7.87. The van der Waals surface area contributed by atoms with Gasteiger partial charge in [-0.2, -0.15) is 16.8 Å². The Morgan fingerprint density at radius 2 is 0.971 bits per heavy atom. The van der Waals surface area contributed by atoms with E-state index in [-0.39, 0.29) is 56.6 Å². The predicted molar refractivity (Wildman–Crippen MR) is 132 cm³/mol. The molecule has 0 aliphatic heterocycles. The van der Waals surface area contributed by atoms with Gasteiger partial charge >= 0.3 is 11.9 Å². The molecule has 0 aromatic carbocycles. The van der Waals surface area contributed by atoms with Crippen LogP contribution in [0.5, 0.6) is 0 Å². The molecule has 0 spiro atoms. The zero-order valence-corrected chi connectivity index (χ0v) is 24.1. The summed E-state index contributed by atoms with van der Waals surface area (Å²) in [5.74, 6) is -2.07. The SMILES string of the molecule is CC(C)C(=O)OCCC(C)(C)COS(=O)(=O)CCCS(=O)(=O)OCC(C)(C)CCOC(=O)C(C)C. The van der Waals surface area contributed by atoms with Crippen LogP contribution in [0.4, 0.5) is 0 Å². The molecule has 0 rings (SSSR count). The molecule has 0 fully saturated rings. The third-order valence-corrected chi connectivity index (χ3v) is 7.57. The summed E-state index contributed by atoms with van der Waals surface area (Å²) in [5.41, 5.74) is -1.12. The molecule has 0 aromatic heterocycles. The Morgan fingerprint density at radius 3 is 1.26 bits per heavy atom. The second-order valence-corrected chi connectivity index (χ2v) is 14.4. The monoisotopic (exact) mass is 544 g/mol. The van der Waals surface area contributed by atoms with Crippen molar-refractivity contribution in [1.29, 1.82) is 0 Å². The van der Waals surface area contributed by atoms with Crippen LogP contribution in [0.3, 0.4) is 0 Å². The number of rotatable bonds is 18. The number of carbonyl (C=O) groups is 2. The van der Waals surface area contributed by atoms with Gasteiger partial charge in [0.2, 0.25) is 0 Å². The lowest BCUT2D eigenvalue weighted by atomic mass is 9.91. The Morgan fingerprint density at radius 1 is 0.657 bits per heavy atom. The van der Waals surface area contributed by atoms with Gasteiger partial charge in [-0.25, -0.2) is 0 Å². The summed E-state index contributed by atoms with van der Waals surface area (Å²) in [6.07, 6.45) is 0.648. The minimum absolute atomic E-state index is 0.118. The van der Waals surface area contributed by atoms with Crippen LogP contribution in [-0.4, -0.2) is 66.7 Å². The third kappa shape index (κ3) is 17.0. The molecular formula is C23H44O10S2. The van der Waals surface area contributed by atoms with Gasteiger partial charge in [-0.3, -0.25) is 18.0 Å². The molecular weight excluding hydrogens is 500 g/mol. The summed E-state index contributed by atoms with van der Waals surface area (Å²) in [6, 6.07) is 0. The number of esters is 2. The van der Waals surface area contributed by atoms with Gasteiger partial charge in [0.1, 0.15) is 0 Å². The van der Waals surface area contributed by atoms with Crippen molar-refractivity contribution in [2.75, 3.05) is 37.9 Å². The lowest BCUT2D eigenvalue weighted by Gasteiger charge is -2.24. The minimum Gasteiger partial charge on any atom is -0.465 e. The minimum atomic E-state index is -3.94. The predicted octanol–water partition coefficient (Wildman–Crippen LogP) is 3.30. The smallest absolute Gasteiger partial charge is 0.308 e. The largest absolute Gasteiger partial charge is 0.465 e. The summed E-state index contributed by atoms with van der Waals surface area (Å²) >= 11 is 0. The Bertz CT molecular complexity index is 800. The van der Waals surface area contributed by atoms with Crippen LogP contribution in [0, 0.1) is 22.7 Å². The molecule has 10 nitrogen and oxygen atoms in total. The normalized spacial score (nSPS) is 13.3. The molecule has 208 valence electrons. The van der Waals surface area contributed by atoms with E-state index >= 15 is 0 Å². The van der Waals surface area contributed by atoms with Gasteiger partial charge < -0.3 is 9.47 Å². The Balaban J connectivity index is 4.42. The standard InChI is InChI=1S/C23H44O10S2/c1-18(2)20(24)30-12-10-22(5,6)16-32-34(26,27)14-9-15-35(28,29)33-17-23(7,8)11-13-31-21(25)19(3)4/h18-19H,9-17H2,1-8H3. The van der Waals surface area contributed by atoms with Gasteiger partial charge in [-0.15, -0.1) is 0 Å². The van der Waals surface area contributed by atoms with Crippen molar-refractivity contribution in [3.63, 3.8) is 0 Å². The van der Waals surface area contributed by atoms with Gasteiger partial charge in [0.25, 0.3) is 20.2 Å². The average Bonchev–Trinajstić information content (AvgIpc) is 2.70. The van der Waals surface area contributed by atoms with Crippen molar-refractivity contribution in [3.8, 4) is 0 Å². The zero-order chi connectivity index (χ0) is 27.5. The van der Waals surface area contributed by atoms with E-state index in [1.165, 1.54) is 0 Å². The van der Waals surface area contributed by atoms with Crippen molar-refractivity contribution >= 4 is 32.2 Å². The highest BCUT2D eigenvalue weighted by atomic mass is 32.2. The molecule has 0 N–H and O–H groups in total. The Labute approximate surface area is 211 Å². The molecule has 0 amide bonds. The topological polar surface area (TPSA) is 139 Å². The second kappa shape index (κ2) is 14.5. The van der Waals surface area contributed by atoms with Crippen molar-refractivity contribution in [2.24, 2.45) is 22.7 Å². The molecule has 0 unspecified atom stereocenters. The molecule has 35 heavy (non-hydrogen) atoms. The zero-order valence-electron chi connectivity index (χ0n) is 22.4. The van der Waals surface area contributed by atoms with E-state index in [4.69, 9.17) is 17.8 Å². The van der Waals surface area contributed by atoms with Gasteiger partial charge in [0.05, 0.1) is 49.8 Å². The summed E-state index contributed by atoms with van der Waals surface area (Å²) < 4.78 is 69.1. The van der Waals surface area contributed by atoms with E-state index < -0.39 is 42.6 Å². The summed E-state index contributed by atoms with van der Waals surface area (Å²) in [6.45, 7) is 14.1. The molecule has 0 heterocycles. The first kappa shape index (κ1) is 33.8. The van der Waals surface area contributed by atoms with E-state index in [0.29, 0.717) is 12.8 Å².